The molecule has 0 saturated carbocycles. The molecule has 0 atom stereocenters. The SMILES string of the molecule is CC[Si](CC)(CC)O/C=C(/C(=O)c1ccccc1)c1ccccc1. The van der Waals surface area contributed by atoms with Crippen molar-refractivity contribution in [1.29, 1.82) is 0 Å². The lowest BCUT2D eigenvalue weighted by Gasteiger charge is -2.27. The molecule has 0 saturated heterocycles. The van der Waals surface area contributed by atoms with Crippen molar-refractivity contribution in [2.75, 3.05) is 0 Å². The van der Waals surface area contributed by atoms with E-state index in [0.29, 0.717) is 11.1 Å². The number of rotatable bonds is 8. The van der Waals surface area contributed by atoms with Gasteiger partial charge < -0.3 is 4.43 Å². The van der Waals surface area contributed by atoms with Crippen LogP contribution >= 0.6 is 0 Å². The summed E-state index contributed by atoms with van der Waals surface area (Å²) in [6.45, 7) is 6.57. The van der Waals surface area contributed by atoms with Gasteiger partial charge in [0.15, 0.2) is 5.78 Å². The second-order valence-corrected chi connectivity index (χ2v) is 10.7. The number of benzene rings is 2. The highest BCUT2D eigenvalue weighted by Gasteiger charge is 2.30. The maximum atomic E-state index is 13.0. The lowest BCUT2D eigenvalue weighted by molar-refractivity contribution is 0.105. The van der Waals surface area contributed by atoms with Crippen molar-refractivity contribution in [3.05, 3.63) is 78.1 Å². The molecule has 0 spiro atoms. The largest absolute Gasteiger partial charge is 0.548 e. The maximum absolute atomic E-state index is 13.0. The van der Waals surface area contributed by atoms with E-state index in [4.69, 9.17) is 4.43 Å². The molecule has 2 aromatic carbocycles. The van der Waals surface area contributed by atoms with Crippen molar-refractivity contribution < 1.29 is 9.22 Å². The number of carbonyl (C=O) groups is 1. The second kappa shape index (κ2) is 8.64. The fourth-order valence-corrected chi connectivity index (χ4v) is 5.17. The molecule has 0 N–H and O–H groups in total. The van der Waals surface area contributed by atoms with Crippen LogP contribution in [0.5, 0.6) is 0 Å². The van der Waals surface area contributed by atoms with Gasteiger partial charge in [0.05, 0.1) is 11.8 Å². The molecular weight excluding hydrogens is 312 g/mol. The molecule has 0 radical (unpaired) electrons. The Kier molecular flexibility index (Phi) is 6.56. The van der Waals surface area contributed by atoms with Crippen molar-refractivity contribution in [2.24, 2.45) is 0 Å². The number of Topliss-reactive ketones (excluding diaryl/α,β-unsaturated/α-hetero) is 1. The van der Waals surface area contributed by atoms with Gasteiger partial charge in [-0.3, -0.25) is 4.79 Å². The Hall–Kier alpha value is -2.13. The molecule has 0 aliphatic carbocycles. The molecule has 126 valence electrons. The zero-order chi connectivity index (χ0) is 17.4. The van der Waals surface area contributed by atoms with E-state index in [-0.39, 0.29) is 5.78 Å². The van der Waals surface area contributed by atoms with Gasteiger partial charge in [-0.25, -0.2) is 0 Å². The highest BCUT2D eigenvalue weighted by molar-refractivity contribution is 6.73. The Morgan fingerprint density at radius 3 is 1.75 bits per heavy atom. The molecule has 2 rings (SSSR count). The summed E-state index contributed by atoms with van der Waals surface area (Å²) in [7, 11) is -1.79. The van der Waals surface area contributed by atoms with Gasteiger partial charge >= 0.3 is 0 Å². The van der Waals surface area contributed by atoms with Crippen molar-refractivity contribution in [1.82, 2.24) is 0 Å². The van der Waals surface area contributed by atoms with E-state index in [1.54, 1.807) is 6.26 Å². The molecule has 0 heterocycles. The van der Waals surface area contributed by atoms with Gasteiger partial charge in [-0.1, -0.05) is 81.4 Å². The van der Waals surface area contributed by atoms with Gasteiger partial charge in [-0.05, 0) is 23.7 Å². The zero-order valence-corrected chi connectivity index (χ0v) is 15.8. The molecule has 2 aromatic rings. The van der Waals surface area contributed by atoms with Crippen molar-refractivity contribution in [3.8, 4) is 0 Å². The summed E-state index contributed by atoms with van der Waals surface area (Å²) < 4.78 is 6.29. The third-order valence-corrected chi connectivity index (χ3v) is 9.21. The lowest BCUT2D eigenvalue weighted by atomic mass is 9.98. The number of hydrogen-bond acceptors (Lipinski definition) is 2. The Morgan fingerprint density at radius 2 is 1.29 bits per heavy atom. The second-order valence-electron chi connectivity index (χ2n) is 5.95. The summed E-state index contributed by atoms with van der Waals surface area (Å²) in [5.74, 6) is 0.00742. The molecule has 0 bridgehead atoms. The molecule has 0 aromatic heterocycles. The highest BCUT2D eigenvalue weighted by Crippen LogP contribution is 2.26. The normalized spacial score (nSPS) is 12.0. The van der Waals surface area contributed by atoms with Gasteiger partial charge in [-0.2, -0.15) is 0 Å². The molecule has 0 aliphatic heterocycles. The molecule has 0 aliphatic rings. The number of ketones is 1. The Balaban J connectivity index is 2.41. The van der Waals surface area contributed by atoms with Gasteiger partial charge in [0.25, 0.3) is 0 Å². The Morgan fingerprint density at radius 1 is 0.833 bits per heavy atom. The summed E-state index contributed by atoms with van der Waals surface area (Å²) in [4.78, 5) is 13.0. The third-order valence-electron chi connectivity index (χ3n) is 4.73. The number of hydrogen-bond donors (Lipinski definition) is 0. The first-order valence-electron chi connectivity index (χ1n) is 8.69. The van der Waals surface area contributed by atoms with Crippen LogP contribution in [0.1, 0.15) is 36.7 Å². The van der Waals surface area contributed by atoms with E-state index in [1.165, 1.54) is 0 Å². The van der Waals surface area contributed by atoms with Crippen LogP contribution in [0.4, 0.5) is 0 Å². The van der Waals surface area contributed by atoms with Crippen LogP contribution in [0.15, 0.2) is 66.9 Å². The first kappa shape index (κ1) is 18.2. The van der Waals surface area contributed by atoms with E-state index in [0.717, 1.165) is 23.7 Å². The standard InChI is InChI=1S/C21H26O2Si/c1-4-24(5-2,6-3)23-17-20(18-13-9-7-10-14-18)21(22)19-15-11-8-12-16-19/h7-17H,4-6H2,1-3H3/b20-17+. The van der Waals surface area contributed by atoms with E-state index in [9.17, 15) is 4.79 Å². The summed E-state index contributed by atoms with van der Waals surface area (Å²) in [5, 5.41) is 0. The van der Waals surface area contributed by atoms with Crippen LogP contribution in [0, 0.1) is 0 Å². The van der Waals surface area contributed by atoms with Crippen LogP contribution in [-0.4, -0.2) is 14.1 Å². The summed E-state index contributed by atoms with van der Waals surface area (Å²) in [6, 6.07) is 22.3. The summed E-state index contributed by atoms with van der Waals surface area (Å²) in [5.41, 5.74) is 2.22. The Bertz CT molecular complexity index is 665. The minimum absolute atomic E-state index is 0.00742. The predicted octanol–water partition coefficient (Wildman–Crippen LogP) is 5.93. The van der Waals surface area contributed by atoms with E-state index >= 15 is 0 Å². The van der Waals surface area contributed by atoms with Crippen LogP contribution in [0.3, 0.4) is 0 Å². The first-order valence-corrected chi connectivity index (χ1v) is 11.2. The quantitative estimate of drug-likeness (QED) is 0.258. The highest BCUT2D eigenvalue weighted by atomic mass is 28.4. The first-order chi connectivity index (χ1) is 11.7. The van der Waals surface area contributed by atoms with E-state index < -0.39 is 8.32 Å². The van der Waals surface area contributed by atoms with Crippen LogP contribution in [0.2, 0.25) is 18.1 Å². The predicted molar refractivity (Wildman–Crippen MR) is 103 cm³/mol. The molecule has 0 unspecified atom stereocenters. The summed E-state index contributed by atoms with van der Waals surface area (Å²) in [6.07, 6.45) is 1.73. The molecule has 24 heavy (non-hydrogen) atoms. The van der Waals surface area contributed by atoms with E-state index in [1.807, 2.05) is 60.7 Å². The van der Waals surface area contributed by atoms with Crippen molar-refractivity contribution in [3.63, 3.8) is 0 Å². The fraction of sp³-hybridized carbons (Fsp3) is 0.286. The lowest BCUT2D eigenvalue weighted by Crippen LogP contribution is -2.33. The minimum Gasteiger partial charge on any atom is -0.548 e. The smallest absolute Gasteiger partial charge is 0.249 e. The third kappa shape index (κ3) is 4.23. The van der Waals surface area contributed by atoms with Crippen LogP contribution in [0.25, 0.3) is 5.57 Å². The molecule has 2 nitrogen and oxygen atoms in total. The van der Waals surface area contributed by atoms with Gasteiger partial charge in [0, 0.05) is 5.56 Å². The number of allylic oxidation sites excluding steroid dienone is 1. The van der Waals surface area contributed by atoms with Crippen molar-refractivity contribution in [2.45, 2.75) is 38.9 Å². The molecule has 0 amide bonds. The summed E-state index contributed by atoms with van der Waals surface area (Å²) >= 11 is 0. The Labute approximate surface area is 146 Å². The van der Waals surface area contributed by atoms with Gasteiger partial charge in [0.2, 0.25) is 8.32 Å². The average Bonchev–Trinajstić information content (AvgIpc) is 2.67. The number of carbonyl (C=O) groups excluding carboxylic acids is 1. The van der Waals surface area contributed by atoms with E-state index in [2.05, 4.69) is 20.8 Å². The molecular formula is C21H26O2Si. The zero-order valence-electron chi connectivity index (χ0n) is 14.8. The van der Waals surface area contributed by atoms with Crippen LogP contribution in [-0.2, 0) is 4.43 Å². The van der Waals surface area contributed by atoms with Crippen molar-refractivity contribution >= 4 is 19.7 Å². The average molecular weight is 339 g/mol. The molecule has 3 heteroatoms. The minimum atomic E-state index is -1.79. The van der Waals surface area contributed by atoms with Crippen LogP contribution < -0.4 is 0 Å². The topological polar surface area (TPSA) is 26.3 Å². The molecule has 0 fully saturated rings. The van der Waals surface area contributed by atoms with Gasteiger partial charge in [0.1, 0.15) is 0 Å². The maximum Gasteiger partial charge on any atom is 0.249 e. The monoisotopic (exact) mass is 338 g/mol. The fourth-order valence-electron chi connectivity index (χ4n) is 2.80. The van der Waals surface area contributed by atoms with Gasteiger partial charge in [-0.15, -0.1) is 0 Å².